The summed E-state index contributed by atoms with van der Waals surface area (Å²) in [6, 6.07) is 4.30. The van der Waals surface area contributed by atoms with Crippen molar-refractivity contribution in [3.05, 3.63) is 28.0 Å². The second-order valence-electron chi connectivity index (χ2n) is 6.48. The van der Waals surface area contributed by atoms with Gasteiger partial charge >= 0.3 is 6.03 Å². The number of amides is 4. The summed E-state index contributed by atoms with van der Waals surface area (Å²) >= 11 is 3.03. The number of ether oxygens (including phenoxy) is 2. The molecule has 4 amide bonds. The molecule has 28 heavy (non-hydrogen) atoms. The van der Waals surface area contributed by atoms with E-state index in [2.05, 4.69) is 0 Å². The molecule has 0 radical (unpaired) electrons. The smallest absolute Gasteiger partial charge is 0.338 e. The molecule has 7 nitrogen and oxygen atoms in total. The molecule has 0 atom stereocenters. The fourth-order valence-electron chi connectivity index (χ4n) is 3.15. The van der Waals surface area contributed by atoms with Gasteiger partial charge in [0.15, 0.2) is 11.5 Å². The lowest BCUT2D eigenvalue weighted by Crippen LogP contribution is -2.57. The third kappa shape index (κ3) is 3.37. The zero-order valence-corrected chi connectivity index (χ0v) is 17.1. The van der Waals surface area contributed by atoms with Crippen molar-refractivity contribution in [1.29, 1.82) is 0 Å². The molecule has 0 saturated carbocycles. The van der Waals surface area contributed by atoms with Gasteiger partial charge in [0.25, 0.3) is 11.8 Å². The molecule has 0 unspecified atom stereocenters. The van der Waals surface area contributed by atoms with Gasteiger partial charge in [0.05, 0.1) is 9.92 Å². The van der Waals surface area contributed by atoms with E-state index in [1.165, 1.54) is 28.4 Å². The minimum atomic E-state index is -0.613. The first-order chi connectivity index (χ1) is 13.6. The fourth-order valence-corrected chi connectivity index (χ4v) is 5.75. The number of barbiturate groups is 1. The summed E-state index contributed by atoms with van der Waals surface area (Å²) < 4.78 is 11.4. The van der Waals surface area contributed by atoms with Crippen LogP contribution < -0.4 is 14.4 Å². The highest BCUT2D eigenvalue weighted by Crippen LogP contribution is 2.41. The Morgan fingerprint density at radius 3 is 2.54 bits per heavy atom. The van der Waals surface area contributed by atoms with Crippen LogP contribution >= 0.6 is 23.5 Å². The lowest BCUT2D eigenvalue weighted by Gasteiger charge is -2.35. The molecule has 0 N–H and O–H groups in total. The molecular weight excluding hydrogens is 400 g/mol. The number of unbranched alkanes of at least 4 members (excludes halogenated alkanes) is 1. The van der Waals surface area contributed by atoms with E-state index in [4.69, 9.17) is 9.47 Å². The van der Waals surface area contributed by atoms with Crippen molar-refractivity contribution in [3.8, 4) is 11.5 Å². The molecule has 0 spiro atoms. The molecule has 1 aromatic carbocycles. The van der Waals surface area contributed by atoms with Gasteiger partial charge in [-0.25, -0.2) is 9.69 Å². The molecule has 3 aliphatic heterocycles. The molecule has 2 fully saturated rings. The quantitative estimate of drug-likeness (QED) is 0.544. The fraction of sp³-hybridized carbons (Fsp3) is 0.421. The van der Waals surface area contributed by atoms with Gasteiger partial charge in [-0.1, -0.05) is 13.3 Å². The Kier molecular flexibility index (Phi) is 5.54. The summed E-state index contributed by atoms with van der Waals surface area (Å²) in [5, 5.41) is 0. The molecule has 0 bridgehead atoms. The Morgan fingerprint density at radius 2 is 1.79 bits per heavy atom. The van der Waals surface area contributed by atoms with E-state index < -0.39 is 17.8 Å². The van der Waals surface area contributed by atoms with Crippen molar-refractivity contribution < 1.29 is 23.9 Å². The number of urea groups is 1. The van der Waals surface area contributed by atoms with Gasteiger partial charge in [-0.3, -0.25) is 14.5 Å². The van der Waals surface area contributed by atoms with Crippen molar-refractivity contribution in [1.82, 2.24) is 4.90 Å². The van der Waals surface area contributed by atoms with Crippen LogP contribution in [0.1, 0.15) is 26.2 Å². The molecule has 1 aromatic rings. The number of carbonyl (C=O) groups excluding carboxylic acids is 3. The van der Waals surface area contributed by atoms with Crippen LogP contribution in [0.15, 0.2) is 28.0 Å². The number of anilines is 1. The van der Waals surface area contributed by atoms with Crippen LogP contribution in [-0.2, 0) is 9.59 Å². The standard InChI is InChI=1S/C19H20N2O5S2/c1-2-3-7-20-16(22)15(18-27-8-4-9-28-18)17(23)21(19(20)24)12-5-6-13-14(10-12)26-11-25-13/h5-6,10H,2-4,7-9,11H2,1H3. The first-order valence-corrected chi connectivity index (χ1v) is 11.2. The van der Waals surface area contributed by atoms with Crippen molar-refractivity contribution in [2.45, 2.75) is 26.2 Å². The predicted octanol–water partition coefficient (Wildman–Crippen LogP) is 3.59. The minimum absolute atomic E-state index is 0.100. The van der Waals surface area contributed by atoms with E-state index in [-0.39, 0.29) is 18.9 Å². The lowest BCUT2D eigenvalue weighted by molar-refractivity contribution is -0.129. The van der Waals surface area contributed by atoms with E-state index in [9.17, 15) is 14.4 Å². The van der Waals surface area contributed by atoms with E-state index in [0.717, 1.165) is 29.2 Å². The zero-order chi connectivity index (χ0) is 19.7. The summed E-state index contributed by atoms with van der Waals surface area (Å²) in [6.45, 7) is 2.38. The topological polar surface area (TPSA) is 76.2 Å². The van der Waals surface area contributed by atoms with Gasteiger partial charge in [-0.05, 0) is 36.5 Å². The third-order valence-corrected chi connectivity index (χ3v) is 7.23. The molecule has 2 saturated heterocycles. The number of nitrogens with zero attached hydrogens (tertiary/aromatic N) is 2. The highest BCUT2D eigenvalue weighted by Gasteiger charge is 2.44. The van der Waals surface area contributed by atoms with E-state index >= 15 is 0 Å². The third-order valence-electron chi connectivity index (χ3n) is 4.61. The number of hydrogen-bond donors (Lipinski definition) is 0. The Morgan fingerprint density at radius 1 is 1.04 bits per heavy atom. The number of fused-ring (bicyclic) bond motifs is 1. The number of thioether (sulfide) groups is 2. The summed E-state index contributed by atoms with van der Waals surface area (Å²) in [7, 11) is 0. The lowest BCUT2D eigenvalue weighted by atomic mass is 10.1. The van der Waals surface area contributed by atoms with Crippen LogP contribution in [0, 0.1) is 0 Å². The van der Waals surface area contributed by atoms with E-state index in [1.54, 1.807) is 18.2 Å². The number of imide groups is 2. The second kappa shape index (κ2) is 8.08. The molecule has 3 aliphatic rings. The predicted molar refractivity (Wildman–Crippen MR) is 109 cm³/mol. The Bertz CT molecular complexity index is 862. The van der Waals surface area contributed by atoms with Crippen LogP contribution in [0.4, 0.5) is 10.5 Å². The van der Waals surface area contributed by atoms with Crippen molar-refractivity contribution in [3.63, 3.8) is 0 Å². The zero-order valence-electron chi connectivity index (χ0n) is 15.4. The van der Waals surface area contributed by atoms with Gasteiger partial charge < -0.3 is 9.47 Å². The number of carbonyl (C=O) groups is 3. The molecule has 9 heteroatoms. The molecule has 148 valence electrons. The molecule has 4 rings (SSSR count). The average molecular weight is 421 g/mol. The van der Waals surface area contributed by atoms with Gasteiger partial charge in [-0.15, -0.1) is 23.5 Å². The van der Waals surface area contributed by atoms with Crippen molar-refractivity contribution >= 4 is 47.1 Å². The summed E-state index contributed by atoms with van der Waals surface area (Å²) in [4.78, 5) is 41.7. The largest absolute Gasteiger partial charge is 0.454 e. The Hall–Kier alpha value is -2.13. The number of rotatable bonds is 4. The van der Waals surface area contributed by atoms with Crippen LogP contribution in [0.2, 0.25) is 0 Å². The maximum absolute atomic E-state index is 13.3. The maximum atomic E-state index is 13.3. The summed E-state index contributed by atoms with van der Waals surface area (Å²) in [5.41, 5.74) is 0.472. The first kappa shape index (κ1) is 19.2. The van der Waals surface area contributed by atoms with Crippen LogP contribution in [0.25, 0.3) is 0 Å². The van der Waals surface area contributed by atoms with Crippen LogP contribution in [-0.4, -0.2) is 47.6 Å². The first-order valence-electron chi connectivity index (χ1n) is 9.21. The van der Waals surface area contributed by atoms with Crippen molar-refractivity contribution in [2.75, 3.05) is 29.7 Å². The Labute approximate surface area is 171 Å². The Balaban J connectivity index is 1.76. The monoisotopic (exact) mass is 420 g/mol. The highest BCUT2D eigenvalue weighted by molar-refractivity contribution is 8.22. The van der Waals surface area contributed by atoms with Gasteiger partial charge in [0.2, 0.25) is 6.79 Å². The summed E-state index contributed by atoms with van der Waals surface area (Å²) in [5.74, 6) is 1.71. The minimum Gasteiger partial charge on any atom is -0.454 e. The SMILES string of the molecule is CCCCN1C(=O)C(=C2SCCCS2)C(=O)N(c2ccc3c(c2)OCO3)C1=O. The molecule has 3 heterocycles. The molecule has 0 aromatic heterocycles. The van der Waals surface area contributed by atoms with Gasteiger partial charge in [-0.2, -0.15) is 0 Å². The summed E-state index contributed by atoms with van der Waals surface area (Å²) in [6.07, 6.45) is 2.55. The van der Waals surface area contributed by atoms with E-state index in [0.29, 0.717) is 27.8 Å². The molecular formula is C19H20N2O5S2. The van der Waals surface area contributed by atoms with E-state index in [1.807, 2.05) is 6.92 Å². The highest BCUT2D eigenvalue weighted by atomic mass is 32.2. The van der Waals surface area contributed by atoms with Crippen LogP contribution in [0.5, 0.6) is 11.5 Å². The molecule has 0 aliphatic carbocycles. The van der Waals surface area contributed by atoms with Gasteiger partial charge in [0.1, 0.15) is 5.57 Å². The van der Waals surface area contributed by atoms with Crippen LogP contribution in [0.3, 0.4) is 0 Å². The second-order valence-corrected chi connectivity index (χ2v) is 8.95. The number of benzene rings is 1. The maximum Gasteiger partial charge on any atom is 0.338 e. The average Bonchev–Trinajstić information content (AvgIpc) is 3.17. The van der Waals surface area contributed by atoms with Gasteiger partial charge in [0, 0.05) is 12.6 Å². The number of hydrogen-bond acceptors (Lipinski definition) is 7. The van der Waals surface area contributed by atoms with Crippen molar-refractivity contribution in [2.24, 2.45) is 0 Å². The normalized spacial score (nSPS) is 19.7.